The third kappa shape index (κ3) is 3.19. The number of nitrogens with zero attached hydrogens (tertiary/aromatic N) is 1. The molecule has 0 saturated heterocycles. The topological polar surface area (TPSA) is 57.8 Å². The predicted octanol–water partition coefficient (Wildman–Crippen LogP) is 2.64. The van der Waals surface area contributed by atoms with Crippen molar-refractivity contribution >= 4 is 40.0 Å². The summed E-state index contributed by atoms with van der Waals surface area (Å²) in [6.45, 7) is 0.601. The molecule has 88 valence electrons. The molecule has 1 aromatic heterocycles. The monoisotopic (exact) mass is 361 g/mol. The van der Waals surface area contributed by atoms with Crippen LogP contribution in [0.5, 0.6) is 0 Å². The molecule has 1 aromatic carbocycles. The molecular weight excluding hydrogens is 352 g/mol. The van der Waals surface area contributed by atoms with E-state index in [1.807, 2.05) is 46.9 Å². The zero-order valence-corrected chi connectivity index (χ0v) is 11.6. The van der Waals surface area contributed by atoms with Gasteiger partial charge in [0.25, 0.3) is 5.56 Å². The highest BCUT2D eigenvalue weighted by Crippen LogP contribution is 2.13. The molecule has 17 heavy (non-hydrogen) atoms. The van der Waals surface area contributed by atoms with Crippen molar-refractivity contribution in [1.82, 2.24) is 9.97 Å². The van der Waals surface area contributed by atoms with Gasteiger partial charge in [0.1, 0.15) is 9.39 Å². The first-order valence-electron chi connectivity index (χ1n) is 4.88. The quantitative estimate of drug-likeness (QED) is 0.827. The second-order valence-corrected chi connectivity index (χ2v) is 4.89. The van der Waals surface area contributed by atoms with Crippen LogP contribution in [0.1, 0.15) is 5.56 Å². The number of aromatic nitrogens is 2. The summed E-state index contributed by atoms with van der Waals surface area (Å²) in [5, 5.41) is 3.81. The molecule has 0 saturated carbocycles. The molecule has 0 fully saturated rings. The third-order valence-electron chi connectivity index (χ3n) is 2.17. The Kier molecular flexibility index (Phi) is 4.01. The first kappa shape index (κ1) is 12.4. The summed E-state index contributed by atoms with van der Waals surface area (Å²) >= 11 is 7.76. The second kappa shape index (κ2) is 5.50. The van der Waals surface area contributed by atoms with Crippen LogP contribution in [0.2, 0.25) is 5.02 Å². The van der Waals surface area contributed by atoms with E-state index in [1.54, 1.807) is 0 Å². The summed E-state index contributed by atoms with van der Waals surface area (Å²) in [6, 6.07) is 7.51. The number of rotatable bonds is 3. The molecule has 2 rings (SSSR count). The van der Waals surface area contributed by atoms with Crippen molar-refractivity contribution in [2.75, 3.05) is 5.32 Å². The number of halogens is 2. The molecule has 0 aliphatic rings. The Morgan fingerprint density at radius 2 is 2.06 bits per heavy atom. The van der Waals surface area contributed by atoms with Crippen molar-refractivity contribution in [2.24, 2.45) is 0 Å². The molecular formula is C11H9ClIN3O. The van der Waals surface area contributed by atoms with Crippen LogP contribution < -0.4 is 10.9 Å². The Balaban J connectivity index is 2.10. The highest BCUT2D eigenvalue weighted by Gasteiger charge is 2.04. The first-order valence-corrected chi connectivity index (χ1v) is 6.34. The van der Waals surface area contributed by atoms with Crippen LogP contribution in [0.15, 0.2) is 35.4 Å². The van der Waals surface area contributed by atoms with Crippen LogP contribution >= 0.6 is 34.2 Å². The summed E-state index contributed by atoms with van der Waals surface area (Å²) in [4.78, 5) is 17.9. The zero-order valence-electron chi connectivity index (χ0n) is 8.71. The molecule has 2 aromatic rings. The summed E-state index contributed by atoms with van der Waals surface area (Å²) in [5.41, 5.74) is 0.937. The minimum Gasteiger partial charge on any atom is -0.365 e. The molecule has 0 aliphatic carbocycles. The molecule has 0 unspecified atom stereocenters. The van der Waals surface area contributed by atoms with Crippen molar-refractivity contribution in [3.05, 3.63) is 55.1 Å². The van der Waals surface area contributed by atoms with E-state index >= 15 is 0 Å². The number of anilines is 1. The van der Waals surface area contributed by atoms with Gasteiger partial charge in [0.15, 0.2) is 0 Å². The van der Waals surface area contributed by atoms with Gasteiger partial charge >= 0.3 is 0 Å². The number of nitrogens with one attached hydrogen (secondary N) is 2. The summed E-state index contributed by atoms with van der Waals surface area (Å²) < 4.78 is 0.555. The van der Waals surface area contributed by atoms with Gasteiger partial charge in [0.2, 0.25) is 0 Å². The number of H-pyrrole nitrogens is 1. The fourth-order valence-electron chi connectivity index (χ4n) is 1.29. The van der Waals surface area contributed by atoms with Gasteiger partial charge in [0, 0.05) is 11.6 Å². The van der Waals surface area contributed by atoms with Gasteiger partial charge in [-0.15, -0.1) is 0 Å². The minimum absolute atomic E-state index is 0.140. The maximum absolute atomic E-state index is 11.3. The van der Waals surface area contributed by atoms with Gasteiger partial charge in [-0.3, -0.25) is 4.79 Å². The standard InChI is InChI=1S/C11H9ClIN3O/c12-8-3-1-7(2-4-8)5-14-10-9(13)11(17)16-6-15-10/h1-4,6H,5H2,(H2,14,15,16,17). The van der Waals surface area contributed by atoms with E-state index < -0.39 is 0 Å². The molecule has 0 aliphatic heterocycles. The van der Waals surface area contributed by atoms with Crippen LogP contribution in [0.3, 0.4) is 0 Å². The van der Waals surface area contributed by atoms with E-state index in [0.717, 1.165) is 5.56 Å². The van der Waals surface area contributed by atoms with Crippen molar-refractivity contribution in [1.29, 1.82) is 0 Å². The van der Waals surface area contributed by atoms with Crippen molar-refractivity contribution in [3.63, 3.8) is 0 Å². The Labute approximate surface area is 117 Å². The summed E-state index contributed by atoms with van der Waals surface area (Å²) in [5.74, 6) is 0.587. The van der Waals surface area contributed by atoms with E-state index in [1.165, 1.54) is 6.33 Å². The lowest BCUT2D eigenvalue weighted by Crippen LogP contribution is -2.14. The maximum Gasteiger partial charge on any atom is 0.266 e. The van der Waals surface area contributed by atoms with E-state index in [0.29, 0.717) is 21.0 Å². The van der Waals surface area contributed by atoms with Gasteiger partial charge in [-0.1, -0.05) is 23.7 Å². The van der Waals surface area contributed by atoms with E-state index in [2.05, 4.69) is 15.3 Å². The molecule has 0 spiro atoms. The smallest absolute Gasteiger partial charge is 0.266 e. The molecule has 1 heterocycles. The van der Waals surface area contributed by atoms with Gasteiger partial charge in [-0.2, -0.15) is 0 Å². The second-order valence-electron chi connectivity index (χ2n) is 3.37. The van der Waals surface area contributed by atoms with Crippen LogP contribution in [0.4, 0.5) is 5.82 Å². The van der Waals surface area contributed by atoms with Crippen LogP contribution in [-0.2, 0) is 6.54 Å². The number of aromatic amines is 1. The Bertz CT molecular complexity index is 568. The third-order valence-corrected chi connectivity index (χ3v) is 3.42. The Morgan fingerprint density at radius 3 is 2.76 bits per heavy atom. The lowest BCUT2D eigenvalue weighted by Gasteiger charge is -2.06. The predicted molar refractivity (Wildman–Crippen MR) is 76.4 cm³/mol. The van der Waals surface area contributed by atoms with Gasteiger partial charge in [0.05, 0.1) is 6.33 Å². The van der Waals surface area contributed by atoms with Crippen molar-refractivity contribution in [2.45, 2.75) is 6.54 Å². The fraction of sp³-hybridized carbons (Fsp3) is 0.0909. The summed E-state index contributed by atoms with van der Waals surface area (Å²) in [6.07, 6.45) is 1.38. The van der Waals surface area contributed by atoms with Gasteiger partial charge in [-0.05, 0) is 40.3 Å². The lowest BCUT2D eigenvalue weighted by molar-refractivity contribution is 1.05. The molecule has 0 amide bonds. The van der Waals surface area contributed by atoms with E-state index in [-0.39, 0.29) is 5.56 Å². The maximum atomic E-state index is 11.3. The SMILES string of the molecule is O=c1[nH]cnc(NCc2ccc(Cl)cc2)c1I. The molecule has 4 nitrogen and oxygen atoms in total. The molecule has 0 atom stereocenters. The van der Waals surface area contributed by atoms with Crippen molar-refractivity contribution < 1.29 is 0 Å². The molecule has 2 N–H and O–H groups in total. The molecule has 0 bridgehead atoms. The fourth-order valence-corrected chi connectivity index (χ4v) is 1.91. The first-order chi connectivity index (χ1) is 8.16. The average Bonchev–Trinajstić information content (AvgIpc) is 2.33. The van der Waals surface area contributed by atoms with E-state index in [4.69, 9.17) is 11.6 Å². The largest absolute Gasteiger partial charge is 0.365 e. The normalized spacial score (nSPS) is 10.2. The minimum atomic E-state index is -0.140. The number of hydrogen-bond donors (Lipinski definition) is 2. The van der Waals surface area contributed by atoms with E-state index in [9.17, 15) is 4.79 Å². The highest BCUT2D eigenvalue weighted by atomic mass is 127. The summed E-state index contributed by atoms with van der Waals surface area (Å²) in [7, 11) is 0. The van der Waals surface area contributed by atoms with Crippen LogP contribution in [-0.4, -0.2) is 9.97 Å². The van der Waals surface area contributed by atoms with Crippen molar-refractivity contribution in [3.8, 4) is 0 Å². The Hall–Kier alpha value is -1.08. The number of benzene rings is 1. The molecule has 0 radical (unpaired) electrons. The highest BCUT2D eigenvalue weighted by molar-refractivity contribution is 14.1. The lowest BCUT2D eigenvalue weighted by atomic mass is 10.2. The van der Waals surface area contributed by atoms with Gasteiger partial charge in [-0.25, -0.2) is 4.98 Å². The van der Waals surface area contributed by atoms with Crippen LogP contribution in [0, 0.1) is 3.57 Å². The van der Waals surface area contributed by atoms with Gasteiger partial charge < -0.3 is 10.3 Å². The number of hydrogen-bond acceptors (Lipinski definition) is 3. The van der Waals surface area contributed by atoms with Crippen LogP contribution in [0.25, 0.3) is 0 Å². The zero-order chi connectivity index (χ0) is 12.3. The molecule has 6 heteroatoms. The Morgan fingerprint density at radius 1 is 1.35 bits per heavy atom. The average molecular weight is 362 g/mol.